The van der Waals surface area contributed by atoms with Crippen LogP contribution in [0.4, 0.5) is 0 Å². The van der Waals surface area contributed by atoms with Crippen LogP contribution in [0.25, 0.3) is 0 Å². The van der Waals surface area contributed by atoms with Crippen molar-refractivity contribution in [3.05, 3.63) is 0 Å². The van der Waals surface area contributed by atoms with E-state index in [0.29, 0.717) is 6.61 Å². The number of ether oxygens (including phenoxy) is 1. The van der Waals surface area contributed by atoms with Gasteiger partial charge in [-0.1, -0.05) is 6.92 Å². The summed E-state index contributed by atoms with van der Waals surface area (Å²) in [5.74, 6) is -0.599. The number of Topliss-reactive ketones (excluding diaryl/α,β-unsaturated/α-hetero) is 1. The van der Waals surface area contributed by atoms with E-state index in [4.69, 9.17) is 0 Å². The van der Waals surface area contributed by atoms with Crippen molar-refractivity contribution in [1.82, 2.24) is 0 Å². The molecular weight excluding hydrogens is 171 g/mol. The van der Waals surface area contributed by atoms with Crippen LogP contribution < -0.4 is 0 Å². The van der Waals surface area contributed by atoms with Crippen molar-refractivity contribution >= 4 is 28.0 Å². The SMILES string of the molecule is CCOC(=O)CC(C)=O.C[CH2][AlH2]. The number of hydrogen-bond acceptors (Lipinski definition) is 3. The number of ketones is 1. The third-order valence-corrected chi connectivity index (χ3v) is 0.699. The molecule has 4 heteroatoms. The smallest absolute Gasteiger partial charge is 0.313 e. The van der Waals surface area contributed by atoms with E-state index in [9.17, 15) is 9.59 Å². The minimum Gasteiger partial charge on any atom is -0.466 e. The molecule has 0 amide bonds. The lowest BCUT2D eigenvalue weighted by molar-refractivity contribution is -0.145. The Kier molecular flexibility index (Phi) is 12.6. The second kappa shape index (κ2) is 10.7. The molecule has 0 aromatic carbocycles. The maximum atomic E-state index is 10.4. The average Bonchev–Trinajstić information content (AvgIpc) is 1.87. The van der Waals surface area contributed by atoms with E-state index < -0.39 is 5.97 Å². The first kappa shape index (κ1) is 14.2. The molecule has 70 valence electrons. The molecule has 0 rings (SSSR count). The largest absolute Gasteiger partial charge is 0.466 e. The highest BCUT2D eigenvalue weighted by Crippen LogP contribution is 1.86. The number of hydrogen-bond donors (Lipinski definition) is 0. The number of rotatable bonds is 3. The van der Waals surface area contributed by atoms with Gasteiger partial charge in [0.05, 0.1) is 6.61 Å². The quantitative estimate of drug-likeness (QED) is 0.370. The van der Waals surface area contributed by atoms with Gasteiger partial charge < -0.3 is 4.74 Å². The normalized spacial score (nSPS) is 7.92. The van der Waals surface area contributed by atoms with Gasteiger partial charge in [-0.05, 0) is 13.8 Å². The molecule has 0 aliphatic rings. The fourth-order valence-electron chi connectivity index (χ4n) is 0.415. The Morgan fingerprint density at radius 2 is 1.75 bits per heavy atom. The zero-order valence-electron chi connectivity index (χ0n) is 8.35. The van der Waals surface area contributed by atoms with E-state index in [-0.39, 0.29) is 12.2 Å². The van der Waals surface area contributed by atoms with E-state index in [0.717, 1.165) is 0 Å². The standard InChI is InChI=1S/C6H10O3.C2H5.Al.2H/c1-3-9-6(8)4-5(2)7;1-2;;;/h3-4H2,1-2H3;1H2,2H3;;;. The van der Waals surface area contributed by atoms with E-state index in [1.54, 1.807) is 6.92 Å². The van der Waals surface area contributed by atoms with Gasteiger partial charge in [0.2, 0.25) is 16.3 Å². The lowest BCUT2D eigenvalue weighted by Gasteiger charge is -1.96. The van der Waals surface area contributed by atoms with Crippen LogP contribution in [0.2, 0.25) is 5.28 Å². The van der Waals surface area contributed by atoms with Crippen LogP contribution in [0, 0.1) is 0 Å². The first-order chi connectivity index (χ1) is 5.58. The predicted octanol–water partition coefficient (Wildman–Crippen LogP) is 0.586. The molecule has 0 N–H and O–H groups in total. The van der Waals surface area contributed by atoms with Crippen LogP contribution in [-0.4, -0.2) is 34.6 Å². The number of carbonyl (C=O) groups excluding carboxylic acids is 2. The summed E-state index contributed by atoms with van der Waals surface area (Å²) in [5, 5.41) is 1.39. The van der Waals surface area contributed by atoms with Gasteiger partial charge in [0, 0.05) is 0 Å². The Morgan fingerprint density at radius 1 is 1.33 bits per heavy atom. The predicted molar refractivity (Wildman–Crippen MR) is 51.0 cm³/mol. The molecule has 0 atom stereocenters. The molecule has 0 spiro atoms. The second-order valence-corrected chi connectivity index (χ2v) is 3.81. The van der Waals surface area contributed by atoms with Gasteiger partial charge in [-0.15, -0.1) is 5.28 Å². The van der Waals surface area contributed by atoms with Gasteiger partial charge in [-0.25, -0.2) is 0 Å². The fraction of sp³-hybridized carbons (Fsp3) is 0.750. The lowest BCUT2D eigenvalue weighted by Crippen LogP contribution is -2.07. The highest BCUT2D eigenvalue weighted by molar-refractivity contribution is 6.08. The minimum absolute atomic E-state index is 0.103. The van der Waals surface area contributed by atoms with Crippen molar-refractivity contribution in [1.29, 1.82) is 0 Å². The Balaban J connectivity index is 0. The molecule has 0 saturated heterocycles. The highest BCUT2D eigenvalue weighted by atomic mass is 27.0. The summed E-state index contributed by atoms with van der Waals surface area (Å²) in [7, 11) is 0. The van der Waals surface area contributed by atoms with Crippen LogP contribution in [0.3, 0.4) is 0 Å². The third kappa shape index (κ3) is 16.3. The molecule has 0 radical (unpaired) electrons. The summed E-state index contributed by atoms with van der Waals surface area (Å²) in [6.07, 6.45) is -0.103. The van der Waals surface area contributed by atoms with Crippen molar-refractivity contribution in [3.63, 3.8) is 0 Å². The molecule has 0 aliphatic heterocycles. The van der Waals surface area contributed by atoms with E-state index in [1.807, 2.05) is 0 Å². The van der Waals surface area contributed by atoms with Gasteiger partial charge >= 0.3 is 5.97 Å². The maximum Gasteiger partial charge on any atom is 0.313 e. The molecule has 0 heterocycles. The summed E-state index contributed by atoms with van der Waals surface area (Å²) in [5.41, 5.74) is 0. The highest BCUT2D eigenvalue weighted by Gasteiger charge is 2.03. The second-order valence-electron chi connectivity index (χ2n) is 2.39. The summed E-state index contributed by atoms with van der Waals surface area (Å²) < 4.78 is 4.49. The molecule has 0 aromatic heterocycles. The monoisotopic (exact) mass is 188 g/mol. The van der Waals surface area contributed by atoms with E-state index >= 15 is 0 Å². The molecule has 0 bridgehead atoms. The van der Waals surface area contributed by atoms with Gasteiger partial charge in [0.15, 0.2) is 0 Å². The summed E-state index contributed by atoms with van der Waals surface area (Å²) in [6, 6.07) is 0. The third-order valence-electron chi connectivity index (χ3n) is 0.699. The van der Waals surface area contributed by atoms with Crippen molar-refractivity contribution in [2.45, 2.75) is 32.5 Å². The van der Waals surface area contributed by atoms with Crippen LogP contribution in [0.1, 0.15) is 27.2 Å². The lowest BCUT2D eigenvalue weighted by atomic mass is 10.3. The van der Waals surface area contributed by atoms with Crippen LogP contribution >= 0.6 is 0 Å². The molecule has 0 aliphatic carbocycles. The Labute approximate surface area is 81.9 Å². The van der Waals surface area contributed by atoms with Gasteiger partial charge in [0.25, 0.3) is 0 Å². The molecule has 0 aromatic rings. The molecular formula is C8H17AlO3. The van der Waals surface area contributed by atoms with Gasteiger partial charge in [-0.3, -0.25) is 9.59 Å². The van der Waals surface area contributed by atoms with E-state index in [1.165, 1.54) is 28.5 Å². The van der Waals surface area contributed by atoms with Crippen molar-refractivity contribution < 1.29 is 14.3 Å². The number of esters is 1. The zero-order valence-corrected chi connectivity index (χ0v) is 10.3. The van der Waals surface area contributed by atoms with Crippen LogP contribution in [0.5, 0.6) is 0 Å². The molecule has 0 unspecified atom stereocenters. The topological polar surface area (TPSA) is 43.4 Å². The molecule has 12 heavy (non-hydrogen) atoms. The first-order valence-electron chi connectivity index (χ1n) is 4.23. The minimum atomic E-state index is -0.440. The Bertz CT molecular complexity index is 134. The Hall–Kier alpha value is -0.328. The van der Waals surface area contributed by atoms with Crippen LogP contribution in [-0.2, 0) is 14.3 Å². The van der Waals surface area contributed by atoms with Gasteiger partial charge in [-0.2, -0.15) is 0 Å². The summed E-state index contributed by atoms with van der Waals surface area (Å²) in [4.78, 5) is 20.6. The number of carbonyl (C=O) groups is 2. The average molecular weight is 188 g/mol. The maximum absolute atomic E-state index is 10.4. The Morgan fingerprint density at radius 3 is 2.00 bits per heavy atom. The summed E-state index contributed by atoms with van der Waals surface area (Å²) >= 11 is 1.37. The molecule has 0 fully saturated rings. The molecule has 3 nitrogen and oxygen atoms in total. The summed E-state index contributed by atoms with van der Waals surface area (Å²) in [6.45, 7) is 5.59. The van der Waals surface area contributed by atoms with Crippen molar-refractivity contribution in [2.24, 2.45) is 0 Å². The van der Waals surface area contributed by atoms with Crippen molar-refractivity contribution in [2.75, 3.05) is 6.61 Å². The first-order valence-corrected chi connectivity index (χ1v) is 5.64. The zero-order chi connectivity index (χ0) is 9.98. The molecule has 0 saturated carbocycles. The van der Waals surface area contributed by atoms with Crippen molar-refractivity contribution in [3.8, 4) is 0 Å². The van der Waals surface area contributed by atoms with Gasteiger partial charge in [0.1, 0.15) is 12.2 Å². The fourth-order valence-corrected chi connectivity index (χ4v) is 0.415. The van der Waals surface area contributed by atoms with Crippen LogP contribution in [0.15, 0.2) is 0 Å². The van der Waals surface area contributed by atoms with E-state index in [2.05, 4.69) is 11.7 Å².